The zero-order valence-electron chi connectivity index (χ0n) is 13.6. The number of hydrogen-bond acceptors (Lipinski definition) is 4. The smallest absolute Gasteiger partial charge is 0.333 e. The molecule has 1 aromatic heterocycles. The van der Waals surface area contributed by atoms with Crippen molar-refractivity contribution in [2.24, 2.45) is 0 Å². The van der Waals surface area contributed by atoms with Crippen molar-refractivity contribution in [1.29, 1.82) is 0 Å². The lowest BCUT2D eigenvalue weighted by Gasteiger charge is -2.06. The van der Waals surface area contributed by atoms with Crippen molar-refractivity contribution in [3.63, 3.8) is 0 Å². The summed E-state index contributed by atoms with van der Waals surface area (Å²) in [6.07, 6.45) is 0.118. The van der Waals surface area contributed by atoms with E-state index in [1.165, 1.54) is 0 Å². The highest BCUT2D eigenvalue weighted by Gasteiger charge is 2.15. The molecule has 3 aromatic rings. The van der Waals surface area contributed by atoms with E-state index in [0.29, 0.717) is 23.3 Å². The van der Waals surface area contributed by atoms with Crippen molar-refractivity contribution in [2.45, 2.75) is 20.3 Å². The second-order valence-electron chi connectivity index (χ2n) is 5.64. The summed E-state index contributed by atoms with van der Waals surface area (Å²) in [7, 11) is 0. The van der Waals surface area contributed by atoms with Crippen LogP contribution in [0.4, 0.5) is 5.69 Å². The molecular weight excluding hydrogens is 306 g/mol. The van der Waals surface area contributed by atoms with Gasteiger partial charge < -0.3 is 15.5 Å². The number of nitrogen functional groups attached to an aromatic ring is 1. The van der Waals surface area contributed by atoms with Crippen LogP contribution in [0.2, 0.25) is 0 Å². The number of anilines is 1. The van der Waals surface area contributed by atoms with Crippen molar-refractivity contribution in [3.8, 4) is 5.75 Å². The van der Waals surface area contributed by atoms with Gasteiger partial charge in [-0.1, -0.05) is 12.1 Å². The normalized spacial score (nSPS) is 10.9. The van der Waals surface area contributed by atoms with Crippen molar-refractivity contribution in [2.75, 3.05) is 12.3 Å². The first kappa shape index (κ1) is 15.9. The third-order valence-electron chi connectivity index (χ3n) is 3.91. The van der Waals surface area contributed by atoms with Crippen LogP contribution in [0.1, 0.15) is 22.8 Å². The fraction of sp³-hybridized carbons (Fsp3) is 0.222. The van der Waals surface area contributed by atoms with Crippen molar-refractivity contribution in [3.05, 3.63) is 58.0 Å². The fourth-order valence-corrected chi connectivity index (χ4v) is 2.65. The number of H-pyrrole nitrogens is 1. The van der Waals surface area contributed by atoms with Crippen molar-refractivity contribution in [1.82, 2.24) is 9.55 Å². The van der Waals surface area contributed by atoms with E-state index in [0.717, 1.165) is 21.4 Å². The molecule has 3 rings (SSSR count). The average Bonchev–Trinajstić information content (AvgIpc) is 2.85. The topological polar surface area (TPSA) is 90.1 Å². The van der Waals surface area contributed by atoms with Crippen LogP contribution in [0.15, 0.2) is 41.2 Å². The van der Waals surface area contributed by atoms with E-state index in [4.69, 9.17) is 10.5 Å². The number of aromatic amines is 1. The van der Waals surface area contributed by atoms with Gasteiger partial charge in [0.05, 0.1) is 24.1 Å². The van der Waals surface area contributed by atoms with E-state index in [1.54, 1.807) is 12.1 Å². The van der Waals surface area contributed by atoms with Gasteiger partial charge in [0.15, 0.2) is 0 Å². The highest BCUT2D eigenvalue weighted by atomic mass is 16.5. The van der Waals surface area contributed by atoms with Gasteiger partial charge in [0.25, 0.3) is 0 Å². The van der Waals surface area contributed by atoms with Gasteiger partial charge in [0.1, 0.15) is 5.75 Å². The highest BCUT2D eigenvalue weighted by Crippen LogP contribution is 2.19. The minimum absolute atomic E-state index is 0.118. The molecule has 0 radical (unpaired) electrons. The van der Waals surface area contributed by atoms with E-state index in [9.17, 15) is 9.59 Å². The summed E-state index contributed by atoms with van der Waals surface area (Å²) < 4.78 is 6.52. The molecule has 124 valence electrons. The number of carbonyl (C=O) groups is 1. The molecule has 6 heteroatoms. The van der Waals surface area contributed by atoms with Crippen LogP contribution in [0.5, 0.6) is 5.75 Å². The maximum Gasteiger partial charge on any atom is 0.333 e. The average molecular weight is 325 g/mol. The Morgan fingerprint density at radius 3 is 2.62 bits per heavy atom. The molecular formula is C18H19N3O3. The predicted molar refractivity (Wildman–Crippen MR) is 93.6 cm³/mol. The van der Waals surface area contributed by atoms with Crippen LogP contribution in [-0.2, 0) is 6.42 Å². The number of imidazole rings is 1. The Balaban J connectivity index is 1.92. The third kappa shape index (κ3) is 2.90. The lowest BCUT2D eigenvalue weighted by molar-refractivity contribution is 0.0915. The Morgan fingerprint density at radius 1 is 1.25 bits per heavy atom. The molecule has 1 heterocycles. The number of aryl methyl sites for hydroxylation is 1. The first-order valence-electron chi connectivity index (χ1n) is 7.75. The summed E-state index contributed by atoms with van der Waals surface area (Å²) in [4.78, 5) is 27.4. The van der Waals surface area contributed by atoms with Crippen LogP contribution < -0.4 is 16.2 Å². The molecule has 0 saturated carbocycles. The zero-order chi connectivity index (χ0) is 17.3. The van der Waals surface area contributed by atoms with Gasteiger partial charge in [-0.25, -0.2) is 9.36 Å². The van der Waals surface area contributed by atoms with Gasteiger partial charge in [-0.3, -0.25) is 4.79 Å². The number of carbonyl (C=O) groups excluding carboxylic acids is 1. The Kier molecular flexibility index (Phi) is 4.12. The van der Waals surface area contributed by atoms with Crippen LogP contribution in [0.25, 0.3) is 11.0 Å². The number of fused-ring (bicyclic) bond motifs is 1. The summed E-state index contributed by atoms with van der Waals surface area (Å²) in [5, 5.41) is 0. The second-order valence-corrected chi connectivity index (χ2v) is 5.64. The molecule has 0 aliphatic rings. The molecule has 24 heavy (non-hydrogen) atoms. The molecule has 0 aliphatic heterocycles. The quantitative estimate of drug-likeness (QED) is 0.721. The minimum Gasteiger partial charge on any atom is -0.494 e. The third-order valence-corrected chi connectivity index (χ3v) is 3.91. The molecule has 0 saturated heterocycles. The summed E-state index contributed by atoms with van der Waals surface area (Å²) >= 11 is 0. The van der Waals surface area contributed by atoms with E-state index in [2.05, 4.69) is 4.98 Å². The van der Waals surface area contributed by atoms with Crippen LogP contribution in [-0.4, -0.2) is 22.1 Å². The van der Waals surface area contributed by atoms with Gasteiger partial charge >= 0.3 is 5.69 Å². The fourth-order valence-electron chi connectivity index (χ4n) is 2.65. The zero-order valence-corrected chi connectivity index (χ0v) is 13.6. The molecule has 3 N–H and O–H groups in total. The van der Waals surface area contributed by atoms with E-state index < -0.39 is 5.69 Å². The summed E-state index contributed by atoms with van der Waals surface area (Å²) in [6, 6.07) is 10.7. The molecule has 0 aliphatic carbocycles. The van der Waals surface area contributed by atoms with Gasteiger partial charge in [0, 0.05) is 5.69 Å². The number of nitrogens with zero attached hydrogens (tertiary/aromatic N) is 1. The maximum absolute atomic E-state index is 12.6. The molecule has 0 unspecified atom stereocenters. The monoisotopic (exact) mass is 325 g/mol. The summed E-state index contributed by atoms with van der Waals surface area (Å²) in [5.41, 5.74) is 8.77. The van der Waals surface area contributed by atoms with Crippen molar-refractivity contribution < 1.29 is 9.53 Å². The summed E-state index contributed by atoms with van der Waals surface area (Å²) in [6.45, 7) is 4.35. The molecule has 0 spiro atoms. The molecule has 0 fully saturated rings. The number of hydrogen-bond donors (Lipinski definition) is 2. The van der Waals surface area contributed by atoms with Crippen LogP contribution in [0.3, 0.4) is 0 Å². The number of nitrogens with two attached hydrogens (primary N) is 1. The first-order valence-corrected chi connectivity index (χ1v) is 7.75. The molecule has 0 bridgehead atoms. The van der Waals surface area contributed by atoms with Gasteiger partial charge in [-0.05, 0) is 49.2 Å². The Hall–Kier alpha value is -3.02. The van der Waals surface area contributed by atoms with Gasteiger partial charge in [-0.2, -0.15) is 0 Å². The molecule has 0 amide bonds. The Bertz CT molecular complexity index is 952. The van der Waals surface area contributed by atoms with Crippen LogP contribution >= 0.6 is 0 Å². The molecule has 6 nitrogen and oxygen atoms in total. The van der Waals surface area contributed by atoms with E-state index in [-0.39, 0.29) is 12.3 Å². The summed E-state index contributed by atoms with van der Waals surface area (Å²) in [5.74, 6) is 0.444. The first-order chi connectivity index (χ1) is 11.5. The predicted octanol–water partition coefficient (Wildman–Crippen LogP) is 2.50. The minimum atomic E-state index is -0.453. The number of ether oxygens (including phenoxy) is 1. The highest BCUT2D eigenvalue weighted by molar-refractivity contribution is 5.93. The van der Waals surface area contributed by atoms with Gasteiger partial charge in [-0.15, -0.1) is 0 Å². The maximum atomic E-state index is 12.6. The lowest BCUT2D eigenvalue weighted by Crippen LogP contribution is -2.25. The number of nitrogens with one attached hydrogen (secondary N) is 1. The second kappa shape index (κ2) is 6.23. The van der Waals surface area contributed by atoms with E-state index in [1.807, 2.05) is 38.1 Å². The standard InChI is InChI=1S/C18H19N3O3/c1-3-24-13-6-4-12(5-7-13)9-17(22)21-16-10-14(19)11(2)8-15(16)20-18(21)23/h4-8,10H,3,9,19H2,1-2H3,(H,20,23). The molecule has 0 atom stereocenters. The van der Waals surface area contributed by atoms with Crippen LogP contribution in [0, 0.1) is 6.92 Å². The number of aromatic nitrogens is 2. The number of rotatable bonds is 4. The molecule has 2 aromatic carbocycles. The largest absolute Gasteiger partial charge is 0.494 e. The Labute approximate surface area is 138 Å². The van der Waals surface area contributed by atoms with Gasteiger partial charge in [0.2, 0.25) is 5.91 Å². The number of benzene rings is 2. The van der Waals surface area contributed by atoms with E-state index >= 15 is 0 Å². The lowest BCUT2D eigenvalue weighted by atomic mass is 10.1. The SMILES string of the molecule is CCOc1ccc(CC(=O)n2c(=O)[nH]c3cc(C)c(N)cc32)cc1. The Morgan fingerprint density at radius 2 is 1.96 bits per heavy atom. The van der Waals surface area contributed by atoms with Crippen molar-refractivity contribution >= 4 is 22.6 Å².